The van der Waals surface area contributed by atoms with E-state index in [4.69, 9.17) is 10.5 Å². The van der Waals surface area contributed by atoms with Crippen LogP contribution in [0.1, 0.15) is 33.6 Å². The van der Waals surface area contributed by atoms with Crippen LogP contribution in [0.3, 0.4) is 0 Å². The summed E-state index contributed by atoms with van der Waals surface area (Å²) in [6.45, 7) is 8.19. The van der Waals surface area contributed by atoms with Crippen LogP contribution in [0.2, 0.25) is 0 Å². The molecule has 1 fully saturated rings. The lowest BCUT2D eigenvalue weighted by Crippen LogP contribution is -2.46. The summed E-state index contributed by atoms with van der Waals surface area (Å²) in [7, 11) is 0. The van der Waals surface area contributed by atoms with Crippen molar-refractivity contribution in [2.45, 2.75) is 39.2 Å². The van der Waals surface area contributed by atoms with Crippen LogP contribution < -0.4 is 11.1 Å². The van der Waals surface area contributed by atoms with Crippen molar-refractivity contribution in [1.82, 2.24) is 5.32 Å². The topological polar surface area (TPSA) is 79.9 Å². The van der Waals surface area contributed by atoms with Gasteiger partial charge in [-0.1, -0.05) is 0 Å². The molecule has 18 heavy (non-hydrogen) atoms. The Kier molecular flexibility index (Phi) is 7.46. The maximum atomic E-state index is 9.50. The van der Waals surface area contributed by atoms with Crippen molar-refractivity contribution < 1.29 is 9.84 Å². The number of nitrogens with zero attached hydrogens (tertiary/aromatic N) is 1. The Morgan fingerprint density at radius 2 is 1.94 bits per heavy atom. The summed E-state index contributed by atoms with van der Waals surface area (Å²) in [5.41, 5.74) is 5.58. The largest absolute Gasteiger partial charge is 0.396 e. The molecule has 1 saturated heterocycles. The minimum absolute atomic E-state index is 0. The number of rotatable bonds is 3. The Bertz CT molecular complexity index is 271. The molecule has 0 spiro atoms. The van der Waals surface area contributed by atoms with Gasteiger partial charge in [-0.15, -0.1) is 24.0 Å². The van der Waals surface area contributed by atoms with E-state index in [1.165, 1.54) is 0 Å². The minimum Gasteiger partial charge on any atom is -0.396 e. The summed E-state index contributed by atoms with van der Waals surface area (Å²) < 4.78 is 5.31. The van der Waals surface area contributed by atoms with Gasteiger partial charge in [0.05, 0.1) is 13.2 Å². The van der Waals surface area contributed by atoms with Crippen molar-refractivity contribution in [1.29, 1.82) is 0 Å². The van der Waals surface area contributed by atoms with E-state index in [2.05, 4.69) is 10.3 Å². The summed E-state index contributed by atoms with van der Waals surface area (Å²) in [5.74, 6) is 0.441. The van der Waals surface area contributed by atoms with Crippen LogP contribution in [0, 0.1) is 5.41 Å². The molecule has 0 aliphatic carbocycles. The first-order valence-corrected chi connectivity index (χ1v) is 6.14. The molecule has 0 aromatic heterocycles. The monoisotopic (exact) mass is 371 g/mol. The minimum atomic E-state index is -0.150. The highest BCUT2D eigenvalue weighted by atomic mass is 127. The van der Waals surface area contributed by atoms with Crippen LogP contribution >= 0.6 is 24.0 Å². The SMILES string of the molecule is CC(C)(C)NC(N)=NCC1(CO)CCOCC1.I. The molecule has 5 nitrogen and oxygen atoms in total. The van der Waals surface area contributed by atoms with Gasteiger partial charge in [0.1, 0.15) is 0 Å². The average Bonchev–Trinajstić information content (AvgIpc) is 2.25. The Morgan fingerprint density at radius 3 is 2.39 bits per heavy atom. The predicted molar refractivity (Wildman–Crippen MR) is 84.4 cm³/mol. The Balaban J connectivity index is 0.00000289. The van der Waals surface area contributed by atoms with Crippen LogP contribution in [0.4, 0.5) is 0 Å². The first kappa shape index (κ1) is 17.9. The number of hydrogen-bond donors (Lipinski definition) is 3. The molecule has 0 saturated carbocycles. The van der Waals surface area contributed by atoms with Crippen molar-refractivity contribution in [3.05, 3.63) is 0 Å². The molecule has 0 radical (unpaired) electrons. The first-order chi connectivity index (χ1) is 7.87. The molecule has 0 atom stereocenters. The molecule has 0 unspecified atom stereocenters. The van der Waals surface area contributed by atoms with Crippen molar-refractivity contribution in [3.63, 3.8) is 0 Å². The van der Waals surface area contributed by atoms with Crippen molar-refractivity contribution in [2.75, 3.05) is 26.4 Å². The van der Waals surface area contributed by atoms with E-state index < -0.39 is 0 Å². The summed E-state index contributed by atoms with van der Waals surface area (Å²) >= 11 is 0. The van der Waals surface area contributed by atoms with Crippen molar-refractivity contribution in [2.24, 2.45) is 16.1 Å². The van der Waals surface area contributed by atoms with Gasteiger partial charge in [0.15, 0.2) is 5.96 Å². The smallest absolute Gasteiger partial charge is 0.189 e. The first-order valence-electron chi connectivity index (χ1n) is 6.14. The van der Waals surface area contributed by atoms with Crippen LogP contribution in [-0.4, -0.2) is 43.0 Å². The molecule has 1 heterocycles. The summed E-state index contributed by atoms with van der Waals surface area (Å²) in [4.78, 5) is 4.34. The van der Waals surface area contributed by atoms with Crippen LogP contribution in [-0.2, 0) is 4.74 Å². The van der Waals surface area contributed by atoms with E-state index >= 15 is 0 Å². The maximum absolute atomic E-state index is 9.50. The van der Waals surface area contributed by atoms with E-state index in [1.54, 1.807) is 0 Å². The fourth-order valence-electron chi connectivity index (χ4n) is 1.85. The van der Waals surface area contributed by atoms with Gasteiger partial charge >= 0.3 is 0 Å². The summed E-state index contributed by atoms with van der Waals surface area (Å²) in [5, 5.41) is 12.6. The van der Waals surface area contributed by atoms with E-state index in [0.717, 1.165) is 12.8 Å². The molecule has 1 rings (SSSR count). The third kappa shape index (κ3) is 6.19. The van der Waals surface area contributed by atoms with Crippen LogP contribution in [0.15, 0.2) is 4.99 Å². The average molecular weight is 371 g/mol. The van der Waals surface area contributed by atoms with Crippen molar-refractivity contribution in [3.8, 4) is 0 Å². The number of guanidine groups is 1. The second-order valence-electron chi connectivity index (χ2n) is 5.85. The van der Waals surface area contributed by atoms with Gasteiger partial charge in [-0.2, -0.15) is 0 Å². The number of ether oxygens (including phenoxy) is 1. The third-order valence-corrected chi connectivity index (χ3v) is 2.98. The van der Waals surface area contributed by atoms with Gasteiger partial charge in [-0.25, -0.2) is 0 Å². The number of halogens is 1. The molecular weight excluding hydrogens is 345 g/mol. The second-order valence-corrected chi connectivity index (χ2v) is 5.85. The van der Waals surface area contributed by atoms with E-state index in [0.29, 0.717) is 25.7 Å². The predicted octanol–water partition coefficient (Wildman–Crippen LogP) is 1.10. The number of aliphatic hydroxyl groups excluding tert-OH is 1. The normalized spacial score (nSPS) is 20.1. The molecule has 0 aromatic rings. The number of hydrogen-bond acceptors (Lipinski definition) is 3. The lowest BCUT2D eigenvalue weighted by atomic mass is 9.81. The molecular formula is C12H26IN3O2. The highest BCUT2D eigenvalue weighted by molar-refractivity contribution is 14.0. The van der Waals surface area contributed by atoms with Crippen molar-refractivity contribution >= 4 is 29.9 Å². The van der Waals surface area contributed by atoms with Crippen LogP contribution in [0.25, 0.3) is 0 Å². The Labute approximate surface area is 127 Å². The number of nitrogens with two attached hydrogens (primary N) is 1. The lowest BCUT2D eigenvalue weighted by molar-refractivity contribution is -0.0106. The summed E-state index contributed by atoms with van der Waals surface area (Å²) in [6, 6.07) is 0. The Morgan fingerprint density at radius 1 is 1.39 bits per heavy atom. The molecule has 0 amide bonds. The van der Waals surface area contributed by atoms with Gasteiger partial charge in [0.2, 0.25) is 0 Å². The fourth-order valence-corrected chi connectivity index (χ4v) is 1.85. The number of nitrogens with one attached hydrogen (secondary N) is 1. The van der Waals surface area contributed by atoms with Gasteiger partial charge in [0.25, 0.3) is 0 Å². The van der Waals surface area contributed by atoms with Gasteiger partial charge < -0.3 is 20.9 Å². The quantitative estimate of drug-likeness (QED) is 0.394. The molecule has 0 aromatic carbocycles. The van der Waals surface area contributed by atoms with Gasteiger partial charge in [-0.3, -0.25) is 4.99 Å². The molecule has 0 bridgehead atoms. The van der Waals surface area contributed by atoms with Gasteiger partial charge in [-0.05, 0) is 33.6 Å². The van der Waals surface area contributed by atoms with E-state index in [-0.39, 0.29) is 41.5 Å². The standard InChI is InChI=1S/C12H25N3O2.HI/c1-11(2,3)15-10(13)14-8-12(9-16)4-6-17-7-5-12;/h16H,4-9H2,1-3H3,(H3,13,14,15);1H. The zero-order valence-electron chi connectivity index (χ0n) is 11.5. The molecule has 1 aliphatic rings. The second kappa shape index (κ2) is 7.49. The summed E-state index contributed by atoms with van der Waals surface area (Å²) in [6.07, 6.45) is 1.69. The highest BCUT2D eigenvalue weighted by Crippen LogP contribution is 2.30. The van der Waals surface area contributed by atoms with Gasteiger partial charge in [0, 0.05) is 24.2 Å². The molecule has 108 valence electrons. The van der Waals surface area contributed by atoms with E-state index in [9.17, 15) is 5.11 Å². The Hall–Kier alpha value is -0.0800. The zero-order chi connectivity index (χ0) is 12.9. The van der Waals surface area contributed by atoms with E-state index in [1.807, 2.05) is 20.8 Å². The fraction of sp³-hybridized carbons (Fsp3) is 0.917. The molecule has 4 N–H and O–H groups in total. The third-order valence-electron chi connectivity index (χ3n) is 2.98. The van der Waals surface area contributed by atoms with Crippen LogP contribution in [0.5, 0.6) is 0 Å². The highest BCUT2D eigenvalue weighted by Gasteiger charge is 2.31. The molecule has 1 aliphatic heterocycles. The number of aliphatic imine (C=N–C) groups is 1. The number of aliphatic hydroxyl groups is 1. The lowest BCUT2D eigenvalue weighted by Gasteiger charge is -2.34. The zero-order valence-corrected chi connectivity index (χ0v) is 13.9. The molecule has 6 heteroatoms. The maximum Gasteiger partial charge on any atom is 0.189 e.